The van der Waals surface area contributed by atoms with Gasteiger partial charge < -0.3 is 29.3 Å². The summed E-state index contributed by atoms with van der Waals surface area (Å²) in [6, 6.07) is 28.6. The van der Waals surface area contributed by atoms with E-state index in [1.54, 1.807) is 9.80 Å². The summed E-state index contributed by atoms with van der Waals surface area (Å²) in [5, 5.41) is 2.74. The molecule has 1 N–H and O–H groups in total. The Kier molecular flexibility index (Phi) is 21.3. The smallest absolute Gasteiger partial charge is 0.410 e. The van der Waals surface area contributed by atoms with E-state index >= 15 is 0 Å². The average Bonchev–Trinajstić information content (AvgIpc) is 3.09. The maximum Gasteiger partial charge on any atom is 0.410 e. The molecule has 0 fully saturated rings. The van der Waals surface area contributed by atoms with Crippen LogP contribution in [0.5, 0.6) is 0 Å². The molecule has 3 aromatic carbocycles. The lowest BCUT2D eigenvalue weighted by atomic mass is 10.2. The number of carbonyl (C=O) groups excluding carboxylic acids is 3. The van der Waals surface area contributed by atoms with Crippen molar-refractivity contribution in [3.05, 3.63) is 108 Å². The Morgan fingerprint density at radius 3 is 1.35 bits per heavy atom. The number of rotatable bonds is 17. The molecule has 0 bridgehead atoms. The Morgan fingerprint density at radius 2 is 0.935 bits per heavy atom. The standard InChI is InChI=1S/C34H43N3O6.C2H6.CH4/c1-2-22-36(33(39)42-27-30-17-8-4-9-18-30)23-12-13-24-37(34(40)43-28-31-19-10-5-11-20-31)25-14-21-35-32(38)41-26-29-15-6-3-7-16-29;1-2;/h3-11,15-20H,2,12-14,21-28H2,1H3,(H,35,38);1-2H3;1H4. The van der Waals surface area contributed by atoms with Crippen LogP contribution < -0.4 is 5.32 Å². The summed E-state index contributed by atoms with van der Waals surface area (Å²) in [4.78, 5) is 41.1. The zero-order valence-electron chi connectivity index (χ0n) is 27.0. The summed E-state index contributed by atoms with van der Waals surface area (Å²) < 4.78 is 16.3. The molecule has 0 aromatic heterocycles. The van der Waals surface area contributed by atoms with Crippen LogP contribution in [0.3, 0.4) is 0 Å². The van der Waals surface area contributed by atoms with Crippen molar-refractivity contribution in [2.45, 2.75) is 73.7 Å². The topological polar surface area (TPSA) is 97.4 Å². The number of nitrogens with one attached hydrogen (secondary N) is 1. The quantitative estimate of drug-likeness (QED) is 0.118. The first-order valence-corrected chi connectivity index (χ1v) is 15.9. The molecule has 3 amide bonds. The van der Waals surface area contributed by atoms with Crippen LogP contribution >= 0.6 is 0 Å². The van der Waals surface area contributed by atoms with E-state index in [2.05, 4.69) is 5.32 Å². The zero-order valence-corrected chi connectivity index (χ0v) is 27.0. The van der Waals surface area contributed by atoms with Gasteiger partial charge in [-0.2, -0.15) is 0 Å². The van der Waals surface area contributed by atoms with Crippen molar-refractivity contribution in [1.82, 2.24) is 15.1 Å². The molecular formula is C37H53N3O6. The van der Waals surface area contributed by atoms with E-state index in [9.17, 15) is 14.4 Å². The number of alkyl carbamates (subject to hydrolysis) is 1. The Hall–Kier alpha value is -4.53. The molecule has 0 saturated carbocycles. The lowest BCUT2D eigenvalue weighted by molar-refractivity contribution is 0.0896. The molecule has 9 heteroatoms. The van der Waals surface area contributed by atoms with Crippen molar-refractivity contribution in [1.29, 1.82) is 0 Å². The molecule has 3 rings (SSSR count). The molecule has 0 unspecified atom stereocenters. The van der Waals surface area contributed by atoms with Crippen LogP contribution in [0, 0.1) is 0 Å². The third-order valence-corrected chi connectivity index (χ3v) is 6.61. The number of benzene rings is 3. The Morgan fingerprint density at radius 1 is 0.565 bits per heavy atom. The van der Waals surface area contributed by atoms with Crippen LogP contribution in [-0.2, 0) is 34.0 Å². The Bertz CT molecular complexity index is 1210. The molecule has 0 heterocycles. The SMILES string of the molecule is C.CC.CCCN(CCCCN(CCCNC(=O)OCc1ccccc1)C(=O)OCc1ccccc1)C(=O)OCc1ccccc1. The van der Waals surface area contributed by atoms with Gasteiger partial charge in [-0.25, -0.2) is 14.4 Å². The van der Waals surface area contributed by atoms with Crippen molar-refractivity contribution in [3.8, 4) is 0 Å². The Balaban J connectivity index is 0.00000346. The van der Waals surface area contributed by atoms with E-state index in [1.165, 1.54) is 0 Å². The van der Waals surface area contributed by atoms with Gasteiger partial charge in [-0.3, -0.25) is 0 Å². The lowest BCUT2D eigenvalue weighted by Crippen LogP contribution is -2.36. The number of carbonyl (C=O) groups is 3. The van der Waals surface area contributed by atoms with Gasteiger partial charge >= 0.3 is 18.3 Å². The Labute approximate surface area is 275 Å². The third kappa shape index (κ3) is 16.5. The second-order valence-corrected chi connectivity index (χ2v) is 10.1. The molecule has 0 aliphatic heterocycles. The van der Waals surface area contributed by atoms with Crippen molar-refractivity contribution in [3.63, 3.8) is 0 Å². The third-order valence-electron chi connectivity index (χ3n) is 6.61. The second kappa shape index (κ2) is 24.8. The fourth-order valence-electron chi connectivity index (χ4n) is 4.32. The summed E-state index contributed by atoms with van der Waals surface area (Å²) in [6.07, 6.45) is 1.48. The highest BCUT2D eigenvalue weighted by atomic mass is 16.6. The van der Waals surface area contributed by atoms with Crippen molar-refractivity contribution >= 4 is 18.3 Å². The lowest BCUT2D eigenvalue weighted by Gasteiger charge is -2.24. The van der Waals surface area contributed by atoms with Gasteiger partial charge in [-0.1, -0.05) is 119 Å². The number of ether oxygens (including phenoxy) is 3. The maximum absolute atomic E-state index is 13.0. The molecule has 0 aliphatic rings. The summed E-state index contributed by atoms with van der Waals surface area (Å²) in [7, 11) is 0. The van der Waals surface area contributed by atoms with Crippen LogP contribution in [0.1, 0.15) is 70.6 Å². The summed E-state index contributed by atoms with van der Waals surface area (Å²) in [5.74, 6) is 0. The molecule has 0 saturated heterocycles. The van der Waals surface area contributed by atoms with Gasteiger partial charge in [0, 0.05) is 32.7 Å². The van der Waals surface area contributed by atoms with E-state index in [4.69, 9.17) is 14.2 Å². The minimum absolute atomic E-state index is 0. The first-order valence-electron chi connectivity index (χ1n) is 15.9. The molecule has 46 heavy (non-hydrogen) atoms. The number of amides is 3. The van der Waals surface area contributed by atoms with E-state index < -0.39 is 12.2 Å². The van der Waals surface area contributed by atoms with Crippen molar-refractivity contribution < 1.29 is 28.6 Å². The van der Waals surface area contributed by atoms with Gasteiger partial charge in [0.2, 0.25) is 0 Å². The molecule has 0 radical (unpaired) electrons. The van der Waals surface area contributed by atoms with Crippen LogP contribution in [0.25, 0.3) is 0 Å². The fraction of sp³-hybridized carbons (Fsp3) is 0.432. The molecule has 0 aliphatic carbocycles. The molecule has 3 aromatic rings. The molecule has 0 spiro atoms. The number of unbranched alkanes of at least 4 members (excludes halogenated alkanes) is 1. The summed E-state index contributed by atoms with van der Waals surface area (Å²) >= 11 is 0. The normalized spacial score (nSPS) is 9.89. The summed E-state index contributed by atoms with van der Waals surface area (Å²) in [6.45, 7) is 8.98. The second-order valence-electron chi connectivity index (χ2n) is 10.1. The molecule has 0 atom stereocenters. The number of nitrogens with zero attached hydrogens (tertiary/aromatic N) is 2. The monoisotopic (exact) mass is 635 g/mol. The van der Waals surface area contributed by atoms with E-state index in [0.29, 0.717) is 52.0 Å². The van der Waals surface area contributed by atoms with Gasteiger partial charge in [0.25, 0.3) is 0 Å². The highest BCUT2D eigenvalue weighted by molar-refractivity contribution is 5.68. The van der Waals surface area contributed by atoms with Crippen LogP contribution in [0.2, 0.25) is 0 Å². The van der Waals surface area contributed by atoms with Gasteiger partial charge in [0.15, 0.2) is 0 Å². The molecular weight excluding hydrogens is 582 g/mol. The molecule has 9 nitrogen and oxygen atoms in total. The number of hydrogen-bond acceptors (Lipinski definition) is 6. The largest absolute Gasteiger partial charge is 0.445 e. The van der Waals surface area contributed by atoms with E-state index in [-0.39, 0.29) is 33.3 Å². The van der Waals surface area contributed by atoms with Crippen LogP contribution in [-0.4, -0.2) is 60.8 Å². The van der Waals surface area contributed by atoms with Crippen molar-refractivity contribution in [2.75, 3.05) is 32.7 Å². The minimum Gasteiger partial charge on any atom is -0.445 e. The van der Waals surface area contributed by atoms with Crippen molar-refractivity contribution in [2.24, 2.45) is 0 Å². The van der Waals surface area contributed by atoms with Crippen LogP contribution in [0.15, 0.2) is 91.0 Å². The zero-order chi connectivity index (χ0) is 32.5. The fourth-order valence-corrected chi connectivity index (χ4v) is 4.32. The first-order chi connectivity index (χ1) is 22.0. The van der Waals surface area contributed by atoms with E-state index in [1.807, 2.05) is 112 Å². The van der Waals surface area contributed by atoms with Gasteiger partial charge in [0.05, 0.1) is 0 Å². The average molecular weight is 636 g/mol. The number of hydrogen-bond donors (Lipinski definition) is 1. The summed E-state index contributed by atoms with van der Waals surface area (Å²) in [5.41, 5.74) is 2.76. The highest BCUT2D eigenvalue weighted by Gasteiger charge is 2.17. The van der Waals surface area contributed by atoms with Crippen LogP contribution in [0.4, 0.5) is 14.4 Å². The highest BCUT2D eigenvalue weighted by Crippen LogP contribution is 2.09. The predicted molar refractivity (Wildman–Crippen MR) is 183 cm³/mol. The minimum atomic E-state index is -0.503. The predicted octanol–water partition coefficient (Wildman–Crippen LogP) is 8.43. The maximum atomic E-state index is 13.0. The van der Waals surface area contributed by atoms with E-state index in [0.717, 1.165) is 23.1 Å². The molecule has 252 valence electrons. The van der Waals surface area contributed by atoms with Gasteiger partial charge in [-0.15, -0.1) is 0 Å². The first kappa shape index (κ1) is 39.5. The van der Waals surface area contributed by atoms with Gasteiger partial charge in [-0.05, 0) is 42.4 Å². The van der Waals surface area contributed by atoms with Gasteiger partial charge in [0.1, 0.15) is 19.8 Å².